The molecule has 1 unspecified atom stereocenters. The van der Waals surface area contributed by atoms with Crippen molar-refractivity contribution in [2.45, 2.75) is 56.6 Å². The van der Waals surface area contributed by atoms with Crippen LogP contribution in [-0.4, -0.2) is 11.0 Å². The van der Waals surface area contributed by atoms with Gasteiger partial charge in [-0.2, -0.15) is 0 Å². The minimum absolute atomic E-state index is 0.222. The topological polar surface area (TPSA) is 17.1 Å². The van der Waals surface area contributed by atoms with Gasteiger partial charge in [-0.3, -0.25) is 4.79 Å². The number of thioether (sulfide) groups is 1. The maximum atomic E-state index is 11.7. The Morgan fingerprint density at radius 1 is 1.30 bits per heavy atom. The van der Waals surface area contributed by atoms with E-state index in [0.29, 0.717) is 6.42 Å². The SMILES string of the molecule is CC(=O)CC(Sc1ccccc1)C1=CCCCC1(C)C. The summed E-state index contributed by atoms with van der Waals surface area (Å²) in [7, 11) is 0. The van der Waals surface area contributed by atoms with Gasteiger partial charge in [0, 0.05) is 16.6 Å². The fraction of sp³-hybridized carbons (Fsp3) is 0.500. The van der Waals surface area contributed by atoms with E-state index < -0.39 is 0 Å². The van der Waals surface area contributed by atoms with Gasteiger partial charge in [0.1, 0.15) is 5.78 Å². The number of allylic oxidation sites excluding steroid dienone is 1. The average Bonchev–Trinajstić information content (AvgIpc) is 2.38. The highest BCUT2D eigenvalue weighted by molar-refractivity contribution is 8.00. The van der Waals surface area contributed by atoms with Crippen molar-refractivity contribution in [1.29, 1.82) is 0 Å². The van der Waals surface area contributed by atoms with E-state index in [-0.39, 0.29) is 16.4 Å². The minimum Gasteiger partial charge on any atom is -0.300 e. The van der Waals surface area contributed by atoms with E-state index in [1.807, 2.05) is 17.8 Å². The van der Waals surface area contributed by atoms with E-state index in [0.717, 1.165) is 6.42 Å². The number of carbonyl (C=O) groups is 1. The maximum absolute atomic E-state index is 11.7. The van der Waals surface area contributed by atoms with Crippen LogP contribution in [0, 0.1) is 5.41 Å². The zero-order chi connectivity index (χ0) is 14.6. The predicted molar refractivity (Wildman–Crippen MR) is 87.1 cm³/mol. The summed E-state index contributed by atoms with van der Waals surface area (Å²) in [5.41, 5.74) is 1.69. The van der Waals surface area contributed by atoms with Gasteiger partial charge in [0.25, 0.3) is 0 Å². The molecule has 0 N–H and O–H groups in total. The third-order valence-corrected chi connectivity index (χ3v) is 5.24. The number of rotatable bonds is 5. The van der Waals surface area contributed by atoms with E-state index >= 15 is 0 Å². The van der Waals surface area contributed by atoms with Crippen LogP contribution >= 0.6 is 11.8 Å². The third-order valence-electron chi connectivity index (χ3n) is 3.99. The molecule has 1 aliphatic carbocycles. The Labute approximate surface area is 126 Å². The van der Waals surface area contributed by atoms with Crippen LogP contribution in [0.1, 0.15) is 46.5 Å². The van der Waals surface area contributed by atoms with Crippen LogP contribution < -0.4 is 0 Å². The van der Waals surface area contributed by atoms with Crippen molar-refractivity contribution in [1.82, 2.24) is 0 Å². The molecule has 1 atom stereocenters. The molecule has 0 heterocycles. The Balaban J connectivity index is 2.23. The van der Waals surface area contributed by atoms with Gasteiger partial charge < -0.3 is 0 Å². The molecule has 0 bridgehead atoms. The molecule has 20 heavy (non-hydrogen) atoms. The van der Waals surface area contributed by atoms with Crippen molar-refractivity contribution in [2.24, 2.45) is 5.41 Å². The van der Waals surface area contributed by atoms with Gasteiger partial charge in [0.2, 0.25) is 0 Å². The molecule has 0 amide bonds. The van der Waals surface area contributed by atoms with Gasteiger partial charge in [-0.1, -0.05) is 43.7 Å². The first-order chi connectivity index (χ1) is 9.49. The fourth-order valence-corrected chi connectivity index (χ4v) is 4.43. The molecule has 0 radical (unpaired) electrons. The normalized spacial score (nSPS) is 19.2. The standard InChI is InChI=1S/C18H24OS/c1-14(19)13-17(20-15-9-5-4-6-10-15)16-11-7-8-12-18(16,2)3/h4-6,9-11,17H,7-8,12-13H2,1-3H3. The first-order valence-corrected chi connectivity index (χ1v) is 8.29. The Morgan fingerprint density at radius 2 is 2.00 bits per heavy atom. The van der Waals surface area contributed by atoms with E-state index in [2.05, 4.69) is 44.2 Å². The van der Waals surface area contributed by atoms with Crippen molar-refractivity contribution in [2.75, 3.05) is 0 Å². The van der Waals surface area contributed by atoms with Crippen LogP contribution in [0.4, 0.5) is 0 Å². The van der Waals surface area contributed by atoms with Crippen LogP contribution in [-0.2, 0) is 4.79 Å². The molecule has 1 aliphatic rings. The molecule has 0 spiro atoms. The number of benzene rings is 1. The molecule has 0 aromatic heterocycles. The Morgan fingerprint density at radius 3 is 2.60 bits per heavy atom. The smallest absolute Gasteiger partial charge is 0.131 e. The summed E-state index contributed by atoms with van der Waals surface area (Å²) >= 11 is 1.84. The van der Waals surface area contributed by atoms with Crippen LogP contribution in [0.3, 0.4) is 0 Å². The fourth-order valence-electron chi connectivity index (χ4n) is 2.93. The predicted octanol–water partition coefficient (Wildman–Crippen LogP) is 5.26. The second kappa shape index (κ2) is 6.62. The summed E-state index contributed by atoms with van der Waals surface area (Å²) in [5, 5.41) is 0.283. The molecule has 1 aromatic carbocycles. The molecule has 108 valence electrons. The Bertz CT molecular complexity index is 487. The van der Waals surface area contributed by atoms with Gasteiger partial charge in [0.05, 0.1) is 0 Å². The first kappa shape index (κ1) is 15.4. The largest absolute Gasteiger partial charge is 0.300 e. The minimum atomic E-state index is 0.222. The number of hydrogen-bond acceptors (Lipinski definition) is 2. The zero-order valence-corrected chi connectivity index (χ0v) is 13.5. The molecular weight excluding hydrogens is 264 g/mol. The van der Waals surface area contributed by atoms with Crippen molar-refractivity contribution >= 4 is 17.5 Å². The van der Waals surface area contributed by atoms with Crippen molar-refractivity contribution in [3.63, 3.8) is 0 Å². The summed E-state index contributed by atoms with van der Waals surface area (Å²) in [6, 6.07) is 10.4. The average molecular weight is 288 g/mol. The number of hydrogen-bond donors (Lipinski definition) is 0. The van der Waals surface area contributed by atoms with Crippen LogP contribution in [0.2, 0.25) is 0 Å². The second-order valence-electron chi connectivity index (χ2n) is 6.26. The highest BCUT2D eigenvalue weighted by Gasteiger charge is 2.32. The van der Waals surface area contributed by atoms with Crippen LogP contribution in [0.25, 0.3) is 0 Å². The highest BCUT2D eigenvalue weighted by atomic mass is 32.2. The lowest BCUT2D eigenvalue weighted by Crippen LogP contribution is -2.27. The molecular formula is C18H24OS. The molecule has 0 aliphatic heterocycles. The van der Waals surface area contributed by atoms with Crippen molar-refractivity contribution in [3.8, 4) is 0 Å². The summed E-state index contributed by atoms with van der Waals surface area (Å²) in [5.74, 6) is 0.278. The second-order valence-corrected chi connectivity index (χ2v) is 7.54. The summed E-state index contributed by atoms with van der Waals surface area (Å²) < 4.78 is 0. The van der Waals surface area contributed by atoms with E-state index in [1.165, 1.54) is 23.3 Å². The van der Waals surface area contributed by atoms with Gasteiger partial charge >= 0.3 is 0 Å². The third kappa shape index (κ3) is 3.99. The quantitative estimate of drug-likeness (QED) is 0.543. The van der Waals surface area contributed by atoms with Gasteiger partial charge in [-0.15, -0.1) is 11.8 Å². The lowest BCUT2D eigenvalue weighted by atomic mass is 9.73. The molecule has 1 aromatic rings. The zero-order valence-electron chi connectivity index (χ0n) is 12.7. The van der Waals surface area contributed by atoms with E-state index in [1.54, 1.807) is 6.92 Å². The number of carbonyl (C=O) groups excluding carboxylic acids is 1. The Hall–Kier alpha value is -1.02. The van der Waals surface area contributed by atoms with E-state index in [9.17, 15) is 4.79 Å². The summed E-state index contributed by atoms with van der Waals surface area (Å²) in [6.45, 7) is 6.34. The lowest BCUT2D eigenvalue weighted by Gasteiger charge is -2.36. The monoisotopic (exact) mass is 288 g/mol. The van der Waals surface area contributed by atoms with Gasteiger partial charge in [0.15, 0.2) is 0 Å². The molecule has 1 nitrogen and oxygen atoms in total. The van der Waals surface area contributed by atoms with Crippen molar-refractivity contribution in [3.05, 3.63) is 42.0 Å². The first-order valence-electron chi connectivity index (χ1n) is 7.41. The molecule has 0 saturated heterocycles. The summed E-state index contributed by atoms with van der Waals surface area (Å²) in [6.07, 6.45) is 6.66. The van der Waals surface area contributed by atoms with Crippen LogP contribution in [0.5, 0.6) is 0 Å². The highest BCUT2D eigenvalue weighted by Crippen LogP contribution is 2.44. The van der Waals surface area contributed by atoms with E-state index in [4.69, 9.17) is 0 Å². The Kier molecular flexibility index (Phi) is 5.09. The lowest BCUT2D eigenvalue weighted by molar-refractivity contribution is -0.116. The van der Waals surface area contributed by atoms with Gasteiger partial charge in [-0.05, 0) is 43.7 Å². The number of Topliss-reactive ketones (excluding diaryl/α,β-unsaturated/α-hetero) is 1. The molecule has 2 rings (SSSR count). The van der Waals surface area contributed by atoms with Crippen LogP contribution in [0.15, 0.2) is 46.9 Å². The number of ketones is 1. The molecule has 0 fully saturated rings. The maximum Gasteiger partial charge on any atom is 0.131 e. The summed E-state index contributed by atoms with van der Waals surface area (Å²) in [4.78, 5) is 12.9. The van der Waals surface area contributed by atoms with Crippen molar-refractivity contribution < 1.29 is 4.79 Å². The molecule has 2 heteroatoms. The van der Waals surface area contributed by atoms with Gasteiger partial charge in [-0.25, -0.2) is 0 Å². The molecule has 0 saturated carbocycles.